The molecule has 1 aromatic heterocycles. The largest absolute Gasteiger partial charge is 0.389 e. The SMILES string of the molecule is CNc1ncc(Br)c(N2CC(O)C(O)C2)n1. The summed E-state index contributed by atoms with van der Waals surface area (Å²) in [7, 11) is 1.74. The van der Waals surface area contributed by atoms with Crippen molar-refractivity contribution < 1.29 is 10.2 Å². The lowest BCUT2D eigenvalue weighted by atomic mass is 10.3. The third-order valence-electron chi connectivity index (χ3n) is 2.51. The number of β-amino-alcohol motifs (C(OH)–C–C–N with tert-alkyl or cyclic N) is 2. The Bertz CT molecular complexity index is 380. The molecule has 7 heteroatoms. The number of hydrogen-bond donors (Lipinski definition) is 3. The van der Waals surface area contributed by atoms with Crippen LogP contribution in [0.4, 0.5) is 11.8 Å². The highest BCUT2D eigenvalue weighted by Gasteiger charge is 2.31. The van der Waals surface area contributed by atoms with Crippen LogP contribution >= 0.6 is 15.9 Å². The van der Waals surface area contributed by atoms with E-state index in [0.717, 1.165) is 4.47 Å². The van der Waals surface area contributed by atoms with Gasteiger partial charge in [-0.25, -0.2) is 4.98 Å². The van der Waals surface area contributed by atoms with E-state index in [1.54, 1.807) is 13.2 Å². The number of nitrogens with zero attached hydrogens (tertiary/aromatic N) is 3. The van der Waals surface area contributed by atoms with Gasteiger partial charge in [0.05, 0.1) is 16.7 Å². The molecule has 2 heterocycles. The van der Waals surface area contributed by atoms with Gasteiger partial charge in [-0.3, -0.25) is 0 Å². The van der Waals surface area contributed by atoms with Crippen molar-refractivity contribution in [3.8, 4) is 0 Å². The van der Waals surface area contributed by atoms with E-state index in [4.69, 9.17) is 0 Å². The number of aliphatic hydroxyl groups excluding tert-OH is 2. The molecule has 3 N–H and O–H groups in total. The minimum atomic E-state index is -0.722. The molecule has 1 aromatic rings. The van der Waals surface area contributed by atoms with Gasteiger partial charge in [0.1, 0.15) is 5.82 Å². The van der Waals surface area contributed by atoms with Crippen LogP contribution in [0.3, 0.4) is 0 Å². The van der Waals surface area contributed by atoms with Crippen LogP contribution in [0.1, 0.15) is 0 Å². The summed E-state index contributed by atoms with van der Waals surface area (Å²) in [6, 6.07) is 0. The van der Waals surface area contributed by atoms with Gasteiger partial charge >= 0.3 is 0 Å². The maximum atomic E-state index is 9.48. The average molecular weight is 289 g/mol. The molecule has 2 atom stereocenters. The molecule has 0 aromatic carbocycles. The fraction of sp³-hybridized carbons (Fsp3) is 0.556. The van der Waals surface area contributed by atoms with Gasteiger partial charge in [-0.05, 0) is 15.9 Å². The predicted octanol–water partition coefficient (Wildman–Crippen LogP) is -0.177. The van der Waals surface area contributed by atoms with E-state index in [9.17, 15) is 10.2 Å². The first-order valence-corrected chi connectivity index (χ1v) is 5.72. The molecule has 1 aliphatic heterocycles. The molecule has 88 valence electrons. The van der Waals surface area contributed by atoms with Gasteiger partial charge in [-0.2, -0.15) is 4.98 Å². The summed E-state index contributed by atoms with van der Waals surface area (Å²) in [6.45, 7) is 0.750. The van der Waals surface area contributed by atoms with E-state index in [1.807, 2.05) is 4.90 Å². The van der Waals surface area contributed by atoms with Crippen LogP contribution in [0, 0.1) is 0 Å². The highest BCUT2D eigenvalue weighted by atomic mass is 79.9. The Morgan fingerprint density at radius 3 is 2.62 bits per heavy atom. The molecule has 6 nitrogen and oxygen atoms in total. The summed E-state index contributed by atoms with van der Waals surface area (Å²) < 4.78 is 0.743. The smallest absolute Gasteiger partial charge is 0.224 e. The normalized spacial score (nSPS) is 24.9. The highest BCUT2D eigenvalue weighted by Crippen LogP contribution is 2.27. The fourth-order valence-corrected chi connectivity index (χ4v) is 2.08. The van der Waals surface area contributed by atoms with Crippen molar-refractivity contribution in [1.82, 2.24) is 9.97 Å². The Hall–Kier alpha value is -0.920. The van der Waals surface area contributed by atoms with Gasteiger partial charge < -0.3 is 20.4 Å². The Morgan fingerprint density at radius 1 is 1.44 bits per heavy atom. The molecular weight excluding hydrogens is 276 g/mol. The highest BCUT2D eigenvalue weighted by molar-refractivity contribution is 9.10. The van der Waals surface area contributed by atoms with E-state index >= 15 is 0 Å². The topological polar surface area (TPSA) is 81.5 Å². The molecule has 1 aliphatic rings. The van der Waals surface area contributed by atoms with E-state index in [2.05, 4.69) is 31.2 Å². The first-order chi connectivity index (χ1) is 7.61. The summed E-state index contributed by atoms with van der Waals surface area (Å²) in [5.41, 5.74) is 0. The number of nitrogens with one attached hydrogen (secondary N) is 1. The Morgan fingerprint density at radius 2 is 2.06 bits per heavy atom. The molecule has 2 unspecified atom stereocenters. The predicted molar refractivity (Wildman–Crippen MR) is 63.5 cm³/mol. The van der Waals surface area contributed by atoms with Crippen LogP contribution in [0.25, 0.3) is 0 Å². The maximum Gasteiger partial charge on any atom is 0.224 e. The second kappa shape index (κ2) is 4.52. The van der Waals surface area contributed by atoms with Crippen molar-refractivity contribution in [2.75, 3.05) is 30.4 Å². The van der Waals surface area contributed by atoms with Crippen LogP contribution in [0.2, 0.25) is 0 Å². The van der Waals surface area contributed by atoms with Crippen molar-refractivity contribution in [2.45, 2.75) is 12.2 Å². The van der Waals surface area contributed by atoms with Crippen molar-refractivity contribution in [1.29, 1.82) is 0 Å². The fourth-order valence-electron chi connectivity index (χ4n) is 1.64. The minimum absolute atomic E-state index is 0.375. The lowest BCUT2D eigenvalue weighted by Gasteiger charge is -2.18. The third-order valence-corrected chi connectivity index (χ3v) is 3.07. The van der Waals surface area contributed by atoms with Crippen molar-refractivity contribution >= 4 is 27.7 Å². The molecular formula is C9H13BrN4O2. The van der Waals surface area contributed by atoms with E-state index in [-0.39, 0.29) is 0 Å². The summed E-state index contributed by atoms with van der Waals surface area (Å²) in [5.74, 6) is 1.18. The zero-order valence-corrected chi connectivity index (χ0v) is 10.3. The summed E-state index contributed by atoms with van der Waals surface area (Å²) in [6.07, 6.45) is 0.199. The van der Waals surface area contributed by atoms with Crippen molar-refractivity contribution in [3.05, 3.63) is 10.7 Å². The maximum absolute atomic E-state index is 9.48. The molecule has 0 spiro atoms. The quantitative estimate of drug-likeness (QED) is 0.701. The molecule has 0 amide bonds. The monoisotopic (exact) mass is 288 g/mol. The lowest BCUT2D eigenvalue weighted by Crippen LogP contribution is -2.23. The second-order valence-corrected chi connectivity index (χ2v) is 4.51. The number of aromatic nitrogens is 2. The van der Waals surface area contributed by atoms with Crippen LogP contribution in [-0.2, 0) is 0 Å². The molecule has 1 saturated heterocycles. The van der Waals surface area contributed by atoms with Gasteiger partial charge in [-0.15, -0.1) is 0 Å². The zero-order valence-electron chi connectivity index (χ0n) is 8.76. The number of anilines is 2. The lowest BCUT2D eigenvalue weighted by molar-refractivity contribution is 0.0572. The summed E-state index contributed by atoms with van der Waals surface area (Å²) >= 11 is 3.35. The zero-order chi connectivity index (χ0) is 11.7. The average Bonchev–Trinajstić information content (AvgIpc) is 2.60. The number of halogens is 1. The molecule has 16 heavy (non-hydrogen) atoms. The standard InChI is InChI=1S/C9H13BrN4O2/c1-11-9-12-2-5(10)8(13-9)14-3-6(15)7(16)4-14/h2,6-7,15-16H,3-4H2,1H3,(H,11,12,13). The van der Waals surface area contributed by atoms with E-state index < -0.39 is 12.2 Å². The molecule has 0 radical (unpaired) electrons. The van der Waals surface area contributed by atoms with Gasteiger partial charge in [0.2, 0.25) is 5.95 Å². The second-order valence-electron chi connectivity index (χ2n) is 3.65. The Labute approximate surface area is 101 Å². The van der Waals surface area contributed by atoms with Gasteiger partial charge in [0.25, 0.3) is 0 Å². The van der Waals surface area contributed by atoms with Crippen LogP contribution < -0.4 is 10.2 Å². The number of aliphatic hydroxyl groups is 2. The molecule has 0 saturated carbocycles. The van der Waals surface area contributed by atoms with E-state index in [1.165, 1.54) is 0 Å². The van der Waals surface area contributed by atoms with Gasteiger partial charge in [-0.1, -0.05) is 0 Å². The van der Waals surface area contributed by atoms with Gasteiger partial charge in [0.15, 0.2) is 0 Å². The summed E-state index contributed by atoms with van der Waals surface area (Å²) in [4.78, 5) is 10.1. The number of hydrogen-bond acceptors (Lipinski definition) is 6. The van der Waals surface area contributed by atoms with Crippen LogP contribution in [0.5, 0.6) is 0 Å². The summed E-state index contributed by atoms with van der Waals surface area (Å²) in [5, 5.41) is 21.8. The Balaban J connectivity index is 2.26. The molecule has 2 rings (SSSR count). The molecule has 0 aliphatic carbocycles. The first-order valence-electron chi connectivity index (χ1n) is 4.93. The molecule has 0 bridgehead atoms. The van der Waals surface area contributed by atoms with Crippen LogP contribution in [0.15, 0.2) is 10.7 Å². The first kappa shape index (κ1) is 11.6. The third kappa shape index (κ3) is 2.11. The van der Waals surface area contributed by atoms with E-state index in [0.29, 0.717) is 24.9 Å². The van der Waals surface area contributed by atoms with Crippen molar-refractivity contribution in [3.63, 3.8) is 0 Å². The number of rotatable bonds is 2. The minimum Gasteiger partial charge on any atom is -0.389 e. The molecule has 1 fully saturated rings. The van der Waals surface area contributed by atoms with Crippen molar-refractivity contribution in [2.24, 2.45) is 0 Å². The van der Waals surface area contributed by atoms with Crippen LogP contribution in [-0.4, -0.2) is 52.5 Å². The van der Waals surface area contributed by atoms with Gasteiger partial charge in [0, 0.05) is 26.3 Å². The Kier molecular flexibility index (Phi) is 3.27.